The van der Waals surface area contributed by atoms with Crippen molar-refractivity contribution >= 4 is 23.6 Å². The largest absolute Gasteiger partial charge is 0.394 e. The fraction of sp³-hybridized carbons (Fsp3) is 0.933. The zero-order valence-corrected chi connectivity index (χ0v) is 78.9. The number of nitrogens with one attached hydrogen (secondary N) is 4. The van der Waals surface area contributed by atoms with E-state index in [4.69, 9.17) is 75.8 Å². The van der Waals surface area contributed by atoms with Crippen molar-refractivity contribution in [1.82, 2.24) is 21.3 Å². The topological polar surface area (TPSA) is 709 Å². The number of aliphatic hydroxyl groups excluding tert-OH is 22. The molecule has 42 atom stereocenters. The number of amides is 4. The van der Waals surface area contributed by atoms with Crippen LogP contribution in [0.3, 0.4) is 0 Å². The Hall–Kier alpha value is -3.90. The molecular formula is C90H160N4O42. The number of ether oxygens (including phenoxy) is 16. The second-order valence-electron chi connectivity index (χ2n) is 37.0. The lowest BCUT2D eigenvalue weighted by Crippen LogP contribution is -2.72. The van der Waals surface area contributed by atoms with Crippen molar-refractivity contribution in [2.45, 2.75) is 479 Å². The number of hydrogen-bond donors (Lipinski definition) is 26. The molecule has 4 amide bonds. The Labute approximate surface area is 793 Å². The monoisotopic (exact) mass is 1970 g/mol. The molecule has 136 heavy (non-hydrogen) atoms. The van der Waals surface area contributed by atoms with E-state index in [0.29, 0.717) is 12.8 Å². The lowest BCUT2D eigenvalue weighted by atomic mass is 9.93. The molecule has 0 aromatic heterocycles. The van der Waals surface area contributed by atoms with Crippen molar-refractivity contribution in [3.63, 3.8) is 0 Å². The molecule has 0 aromatic rings. The van der Waals surface area contributed by atoms with Crippen LogP contribution in [0.4, 0.5) is 0 Å². The highest BCUT2D eigenvalue weighted by atomic mass is 16.8. The third kappa shape index (κ3) is 33.3. The molecule has 8 saturated heterocycles. The maximum Gasteiger partial charge on any atom is 0.220 e. The van der Waals surface area contributed by atoms with Crippen molar-refractivity contribution in [2.24, 2.45) is 0 Å². The van der Waals surface area contributed by atoms with Gasteiger partial charge in [-0.3, -0.25) is 19.2 Å². The van der Waals surface area contributed by atoms with Gasteiger partial charge in [0.2, 0.25) is 23.6 Å². The first-order valence-corrected chi connectivity index (χ1v) is 48.8. The predicted molar refractivity (Wildman–Crippen MR) is 469 cm³/mol. The van der Waals surface area contributed by atoms with E-state index in [2.05, 4.69) is 35.1 Å². The molecule has 46 nitrogen and oxygen atoms in total. The molecule has 8 fully saturated rings. The highest BCUT2D eigenvalue weighted by molar-refractivity contribution is 5.76. The molecule has 8 aliphatic heterocycles. The summed E-state index contributed by atoms with van der Waals surface area (Å²) in [5, 5.41) is 261. The van der Waals surface area contributed by atoms with Gasteiger partial charge in [-0.05, 0) is 26.2 Å². The molecule has 0 aromatic carbocycles. The molecule has 46 heteroatoms. The molecule has 792 valence electrons. The minimum absolute atomic E-state index is 0.137. The Kier molecular flexibility index (Phi) is 51.9. The molecule has 8 aliphatic rings. The van der Waals surface area contributed by atoms with Gasteiger partial charge < -0.3 is 209 Å². The Morgan fingerprint density at radius 2 is 0.618 bits per heavy atom. The molecule has 8 rings (SSSR count). The van der Waals surface area contributed by atoms with Gasteiger partial charge in [-0.25, -0.2) is 0 Å². The van der Waals surface area contributed by atoms with E-state index in [1.54, 1.807) is 6.08 Å². The highest BCUT2D eigenvalue weighted by Crippen LogP contribution is 2.41. The van der Waals surface area contributed by atoms with Gasteiger partial charge in [-0.15, -0.1) is 0 Å². The van der Waals surface area contributed by atoms with Crippen LogP contribution in [0.5, 0.6) is 0 Å². The molecule has 26 N–H and O–H groups in total. The van der Waals surface area contributed by atoms with Crippen LogP contribution in [-0.2, 0) is 95.0 Å². The third-order valence-electron chi connectivity index (χ3n) is 26.3. The first-order chi connectivity index (χ1) is 65.1. The van der Waals surface area contributed by atoms with Gasteiger partial charge in [0.05, 0.1) is 71.1 Å². The first kappa shape index (κ1) is 117. The van der Waals surface area contributed by atoms with Crippen molar-refractivity contribution in [3.05, 3.63) is 12.2 Å². The predicted octanol–water partition coefficient (Wildman–Crippen LogP) is -5.60. The van der Waals surface area contributed by atoms with Crippen LogP contribution < -0.4 is 21.3 Å². The van der Waals surface area contributed by atoms with Crippen LogP contribution in [-0.4, -0.2) is 446 Å². The smallest absolute Gasteiger partial charge is 0.220 e. The summed E-state index contributed by atoms with van der Waals surface area (Å²) in [5.74, 6) is -3.18. The van der Waals surface area contributed by atoms with Crippen LogP contribution in [0.2, 0.25) is 0 Å². The number of carbonyl (C=O) groups is 4. The number of allylic oxidation sites excluding steroid dienone is 1. The standard InChI is InChI=1S/C90H160N4O42/c1-7-9-11-13-15-17-19-21-22-24-26-28-30-32-34-36-58(106)94-49(50(105)35-33-31-29-27-25-23-20-18-16-14-12-10-8-2)44-121-86-73(118)70(115)76(55(41-99)127-86)130-88-74(119)71(116)77(56(42-100)128-88)131-89-75(120)81(135-85-60(92-47(5)103)79(65(110)53(39-97)125-85)133-83-59(91-46(4)102)67(112)63(108)51(37-95)123-83)78(57(43-101)129-89)132-84-61(93-48(6)104)80(66(111)54(40-98)124-84)134-90-82(69(114)64(109)52(38-96)126-90)136-87-72(117)68(113)62(107)45(3)122-87/h33,35,45,49-57,59-90,95-101,105,107-120H,7-32,34,36-44H2,1-6H3,(H,91,102)(H,92,103)(H,93,104)(H,94,106)/b35-33+/t45?,49-,50+,51?,52?,53?,54?,55?,56?,57?,59?,60?,61?,62+,63-,64-,65-,66-,67+,68?,69-,70+,71+,72-,73?,74?,75?,76+,77-,78-,79+,80+,81+,82?,83+,84-,85-,86+,87+,88-,89-,90-/m0/s1. The lowest BCUT2D eigenvalue weighted by molar-refractivity contribution is -0.403. The summed E-state index contributed by atoms with van der Waals surface area (Å²) in [6.45, 7) is 0.227. The minimum atomic E-state index is -2.57. The van der Waals surface area contributed by atoms with Gasteiger partial charge in [0.25, 0.3) is 0 Å². The summed E-state index contributed by atoms with van der Waals surface area (Å²) in [6, 6.07) is -6.90. The Balaban J connectivity index is 1.03. The van der Waals surface area contributed by atoms with E-state index >= 15 is 0 Å². The molecular weight excluding hydrogens is 1810 g/mol. The average molecular weight is 1970 g/mol. The summed E-state index contributed by atoms with van der Waals surface area (Å²) in [5.41, 5.74) is 0. The van der Waals surface area contributed by atoms with Gasteiger partial charge in [0, 0.05) is 27.2 Å². The van der Waals surface area contributed by atoms with Crippen molar-refractivity contribution in [3.8, 4) is 0 Å². The number of unbranched alkanes of at least 4 members (excludes halogenated alkanes) is 25. The van der Waals surface area contributed by atoms with Gasteiger partial charge in [-0.2, -0.15) is 0 Å². The van der Waals surface area contributed by atoms with E-state index in [1.165, 1.54) is 110 Å². The SMILES string of the molecule is CCCCCCCCCCCCC/C=C/[C@@H](O)[C@H](CO[C@@H]1OC(CO)[C@@H](O[C@@H]2OC(CO)[C@H](O[C@@H]3OC(CO)[C@H](O[C@@H]4OC(CO)[C@H](O)[C@H](O[C@@H]5OC(CO)[C@H](O)[C@H](O)C5O[C@H]5OC(C)[C@@H](O)C(O)[C@@H]5O)C4NC(C)=O)[C@H](O[C@@H]4OC(CO)[C@H](O)[C@H](O[C@H]5OC(CO)[C@H](O)[C@H](O)C5NC(C)=O)C4NC(C)=O)C3O)[C@H](O)C2O)[C@H](O)C1O)NC(=O)CCCCCCCCCCCCCCCCC. The van der Waals surface area contributed by atoms with Crippen molar-refractivity contribution in [2.75, 3.05) is 52.9 Å². The number of rotatable bonds is 58. The fourth-order valence-electron chi connectivity index (χ4n) is 18.4. The highest BCUT2D eigenvalue weighted by Gasteiger charge is 2.62. The molecule has 16 unspecified atom stereocenters. The molecule has 0 saturated carbocycles. The first-order valence-electron chi connectivity index (χ1n) is 48.8. The molecule has 0 spiro atoms. The van der Waals surface area contributed by atoms with E-state index in [-0.39, 0.29) is 12.3 Å². The van der Waals surface area contributed by atoms with Gasteiger partial charge in [0.1, 0.15) is 189 Å². The molecule has 0 bridgehead atoms. The maximum atomic E-state index is 13.7. The van der Waals surface area contributed by atoms with Gasteiger partial charge in [-0.1, -0.05) is 180 Å². The minimum Gasteiger partial charge on any atom is -0.394 e. The summed E-state index contributed by atoms with van der Waals surface area (Å²) < 4.78 is 97.8. The summed E-state index contributed by atoms with van der Waals surface area (Å²) >= 11 is 0. The van der Waals surface area contributed by atoms with Crippen molar-refractivity contribution < 1.29 is 207 Å². The van der Waals surface area contributed by atoms with E-state index in [0.717, 1.165) is 78.6 Å². The van der Waals surface area contributed by atoms with Gasteiger partial charge >= 0.3 is 0 Å². The molecule has 8 heterocycles. The fourth-order valence-corrected chi connectivity index (χ4v) is 18.4. The number of carbonyl (C=O) groups excluding carboxylic acids is 4. The molecule has 0 aliphatic carbocycles. The van der Waals surface area contributed by atoms with Gasteiger partial charge in [0.15, 0.2) is 50.3 Å². The average Bonchev–Trinajstić information content (AvgIpc) is 0.752. The second kappa shape index (κ2) is 60.1. The third-order valence-corrected chi connectivity index (χ3v) is 26.3. The lowest BCUT2D eigenvalue weighted by Gasteiger charge is -2.52. The maximum absolute atomic E-state index is 13.7. The molecule has 0 radical (unpaired) electrons. The summed E-state index contributed by atoms with van der Waals surface area (Å²) in [4.78, 5) is 53.4. The number of aliphatic hydroxyl groups is 22. The van der Waals surface area contributed by atoms with E-state index in [1.807, 2.05) is 6.08 Å². The normalized spacial score (nSPS) is 39.5. The quantitative estimate of drug-likeness (QED) is 0.0199. The van der Waals surface area contributed by atoms with E-state index < -0.39 is 328 Å². The zero-order valence-electron chi connectivity index (χ0n) is 78.9. The van der Waals surface area contributed by atoms with Crippen LogP contribution in [0.25, 0.3) is 0 Å². The summed E-state index contributed by atoms with van der Waals surface area (Å²) in [6.07, 6.45) is -43.4. The van der Waals surface area contributed by atoms with E-state index in [9.17, 15) is 132 Å². The second-order valence-corrected chi connectivity index (χ2v) is 37.0. The van der Waals surface area contributed by atoms with Crippen LogP contribution in [0.1, 0.15) is 221 Å². The number of hydrogen-bond acceptors (Lipinski definition) is 42. The Morgan fingerprint density at radius 3 is 1.07 bits per heavy atom. The van der Waals surface area contributed by atoms with Crippen LogP contribution >= 0.6 is 0 Å². The Morgan fingerprint density at radius 1 is 0.301 bits per heavy atom. The van der Waals surface area contributed by atoms with Crippen LogP contribution in [0.15, 0.2) is 12.2 Å². The van der Waals surface area contributed by atoms with Crippen molar-refractivity contribution in [1.29, 1.82) is 0 Å². The summed E-state index contributed by atoms with van der Waals surface area (Å²) in [7, 11) is 0. The zero-order chi connectivity index (χ0) is 99.6. The Bertz CT molecular complexity index is 3380. The van der Waals surface area contributed by atoms with Crippen LogP contribution in [0, 0.1) is 0 Å².